The summed E-state index contributed by atoms with van der Waals surface area (Å²) in [5.41, 5.74) is 5.46. The Morgan fingerprint density at radius 3 is 2.48 bits per heavy atom. The number of rotatable bonds is 5. The maximum atomic E-state index is 13.1. The molecule has 1 N–H and O–H groups in total. The van der Waals surface area contributed by atoms with Crippen LogP contribution in [0, 0.1) is 12.7 Å². The predicted molar refractivity (Wildman–Crippen MR) is 124 cm³/mol. The molecule has 0 atom stereocenters. The van der Waals surface area contributed by atoms with Gasteiger partial charge in [-0.25, -0.2) is 4.39 Å². The van der Waals surface area contributed by atoms with Crippen molar-refractivity contribution in [2.45, 2.75) is 13.5 Å². The lowest BCUT2D eigenvalue weighted by Crippen LogP contribution is -2.23. The van der Waals surface area contributed by atoms with Crippen molar-refractivity contribution in [3.63, 3.8) is 0 Å². The van der Waals surface area contributed by atoms with Gasteiger partial charge in [0.1, 0.15) is 5.82 Å². The summed E-state index contributed by atoms with van der Waals surface area (Å²) in [6.45, 7) is 2.21. The summed E-state index contributed by atoms with van der Waals surface area (Å²) in [5, 5.41) is 11.7. The molecule has 7 heteroatoms. The Hall–Kier alpha value is -4.39. The van der Waals surface area contributed by atoms with E-state index < -0.39 is 5.82 Å². The largest absolute Gasteiger partial charge is 0.346 e. The Bertz CT molecular complexity index is 1430. The van der Waals surface area contributed by atoms with Crippen LogP contribution >= 0.6 is 0 Å². The van der Waals surface area contributed by atoms with Crippen LogP contribution in [0.4, 0.5) is 4.39 Å². The normalized spacial score (nSPS) is 11.0. The zero-order valence-corrected chi connectivity index (χ0v) is 17.9. The third-order valence-corrected chi connectivity index (χ3v) is 5.38. The quantitative estimate of drug-likeness (QED) is 0.427. The number of nitrogens with one attached hydrogen (secondary N) is 1. The van der Waals surface area contributed by atoms with E-state index in [-0.39, 0.29) is 12.5 Å². The smallest absolute Gasteiger partial charge is 0.253 e. The van der Waals surface area contributed by atoms with Gasteiger partial charge in [-0.2, -0.15) is 0 Å². The Labute approximate surface area is 189 Å². The van der Waals surface area contributed by atoms with Gasteiger partial charge in [0.25, 0.3) is 5.91 Å². The molecule has 0 spiro atoms. The second kappa shape index (κ2) is 8.63. The van der Waals surface area contributed by atoms with Crippen LogP contribution in [0.2, 0.25) is 0 Å². The topological polar surface area (TPSA) is 72.2 Å². The number of pyridine rings is 2. The SMILES string of the molecule is Cc1ccc(-c2cc(C(=O)NCc3ccc(F)cn3)cn3c(-c4ccccc4)nnc23)cc1. The van der Waals surface area contributed by atoms with Crippen LogP contribution in [0.15, 0.2) is 85.2 Å². The summed E-state index contributed by atoms with van der Waals surface area (Å²) in [4.78, 5) is 17.1. The number of carbonyl (C=O) groups excluding carboxylic acids is 1. The minimum Gasteiger partial charge on any atom is -0.346 e. The van der Waals surface area contributed by atoms with Crippen molar-refractivity contribution >= 4 is 11.6 Å². The van der Waals surface area contributed by atoms with Gasteiger partial charge in [-0.3, -0.25) is 14.2 Å². The summed E-state index contributed by atoms with van der Waals surface area (Å²) in [6.07, 6.45) is 2.87. The molecule has 0 saturated heterocycles. The average molecular weight is 437 g/mol. The van der Waals surface area contributed by atoms with Gasteiger partial charge in [-0.1, -0.05) is 60.2 Å². The highest BCUT2D eigenvalue weighted by molar-refractivity contribution is 5.97. The molecule has 0 aliphatic heterocycles. The van der Waals surface area contributed by atoms with E-state index in [1.54, 1.807) is 12.3 Å². The lowest BCUT2D eigenvalue weighted by Gasteiger charge is -2.10. The summed E-state index contributed by atoms with van der Waals surface area (Å²) in [7, 11) is 0. The molecule has 0 saturated carbocycles. The molecule has 5 rings (SSSR count). The molecule has 0 unspecified atom stereocenters. The Balaban J connectivity index is 1.58. The Morgan fingerprint density at radius 1 is 0.970 bits per heavy atom. The van der Waals surface area contributed by atoms with E-state index in [0.29, 0.717) is 22.7 Å². The van der Waals surface area contributed by atoms with Crippen molar-refractivity contribution in [1.82, 2.24) is 24.9 Å². The van der Waals surface area contributed by atoms with E-state index in [1.165, 1.54) is 6.07 Å². The molecule has 1 amide bonds. The van der Waals surface area contributed by atoms with Crippen LogP contribution in [-0.4, -0.2) is 25.5 Å². The second-order valence-electron chi connectivity index (χ2n) is 7.74. The zero-order valence-electron chi connectivity index (χ0n) is 17.9. The monoisotopic (exact) mass is 437 g/mol. The van der Waals surface area contributed by atoms with Crippen molar-refractivity contribution < 1.29 is 9.18 Å². The molecule has 0 aliphatic rings. The molecule has 162 valence electrons. The van der Waals surface area contributed by atoms with Gasteiger partial charge >= 0.3 is 0 Å². The number of nitrogens with zero attached hydrogens (tertiary/aromatic N) is 4. The number of hydrogen-bond donors (Lipinski definition) is 1. The fraction of sp³-hybridized carbons (Fsp3) is 0.0769. The molecule has 3 heterocycles. The Kier molecular flexibility index (Phi) is 5.36. The fourth-order valence-corrected chi connectivity index (χ4v) is 3.63. The molecule has 0 fully saturated rings. The molecule has 0 radical (unpaired) electrons. The third-order valence-electron chi connectivity index (χ3n) is 5.38. The lowest BCUT2D eigenvalue weighted by molar-refractivity contribution is 0.0950. The molecular weight excluding hydrogens is 417 g/mol. The van der Waals surface area contributed by atoms with Crippen LogP contribution in [0.3, 0.4) is 0 Å². The molecule has 33 heavy (non-hydrogen) atoms. The van der Waals surface area contributed by atoms with Crippen LogP contribution in [-0.2, 0) is 6.54 Å². The number of carbonyl (C=O) groups is 1. The van der Waals surface area contributed by atoms with Gasteiger partial charge in [0.05, 0.1) is 24.0 Å². The highest BCUT2D eigenvalue weighted by Gasteiger charge is 2.17. The van der Waals surface area contributed by atoms with Gasteiger partial charge in [-0.05, 0) is 30.7 Å². The Morgan fingerprint density at radius 2 is 1.76 bits per heavy atom. The minimum atomic E-state index is -0.417. The summed E-state index contributed by atoms with van der Waals surface area (Å²) < 4.78 is 15.0. The van der Waals surface area contributed by atoms with Gasteiger partial charge in [0.2, 0.25) is 0 Å². The first-order chi connectivity index (χ1) is 16.1. The number of aryl methyl sites for hydroxylation is 1. The molecule has 0 bridgehead atoms. The van der Waals surface area contributed by atoms with Crippen LogP contribution in [0.25, 0.3) is 28.2 Å². The second-order valence-corrected chi connectivity index (χ2v) is 7.74. The number of aromatic nitrogens is 4. The first-order valence-electron chi connectivity index (χ1n) is 10.5. The highest BCUT2D eigenvalue weighted by Crippen LogP contribution is 2.28. The third kappa shape index (κ3) is 4.21. The van der Waals surface area contributed by atoms with Crippen molar-refractivity contribution in [3.8, 4) is 22.5 Å². The minimum absolute atomic E-state index is 0.185. The fourth-order valence-electron chi connectivity index (χ4n) is 3.63. The number of hydrogen-bond acceptors (Lipinski definition) is 4. The summed E-state index contributed by atoms with van der Waals surface area (Å²) in [5.74, 6) is -0.0442. The van der Waals surface area contributed by atoms with E-state index >= 15 is 0 Å². The number of benzene rings is 2. The van der Waals surface area contributed by atoms with E-state index in [2.05, 4.69) is 20.5 Å². The number of amides is 1. The molecule has 6 nitrogen and oxygen atoms in total. The van der Waals surface area contributed by atoms with E-state index in [9.17, 15) is 9.18 Å². The van der Waals surface area contributed by atoms with Crippen molar-refractivity contribution in [1.29, 1.82) is 0 Å². The molecule has 3 aromatic heterocycles. The first kappa shape index (κ1) is 20.5. The van der Waals surface area contributed by atoms with Gasteiger partial charge in [-0.15, -0.1) is 10.2 Å². The molecule has 0 aliphatic carbocycles. The van der Waals surface area contributed by atoms with Crippen molar-refractivity contribution in [3.05, 3.63) is 108 Å². The first-order valence-corrected chi connectivity index (χ1v) is 10.5. The maximum absolute atomic E-state index is 13.1. The average Bonchev–Trinajstić information content (AvgIpc) is 3.28. The molecule has 2 aromatic carbocycles. The van der Waals surface area contributed by atoms with Gasteiger partial charge < -0.3 is 5.32 Å². The van der Waals surface area contributed by atoms with Crippen LogP contribution in [0.5, 0.6) is 0 Å². The molecule has 5 aromatic rings. The van der Waals surface area contributed by atoms with Crippen molar-refractivity contribution in [2.75, 3.05) is 0 Å². The van der Waals surface area contributed by atoms with E-state index in [4.69, 9.17) is 0 Å². The number of fused-ring (bicyclic) bond motifs is 1. The number of halogens is 1. The van der Waals surface area contributed by atoms with Crippen LogP contribution in [0.1, 0.15) is 21.6 Å². The standard InChI is InChI=1S/C26H20FN5O/c1-17-7-9-18(10-8-17)23-13-20(26(33)29-15-22-12-11-21(27)14-28-22)16-32-24(30-31-25(23)32)19-5-3-2-4-6-19/h2-14,16H,15H2,1H3,(H,29,33). The van der Waals surface area contributed by atoms with E-state index in [0.717, 1.165) is 28.5 Å². The highest BCUT2D eigenvalue weighted by atomic mass is 19.1. The molecular formula is C26H20FN5O. The van der Waals surface area contributed by atoms with E-state index in [1.807, 2.05) is 72.0 Å². The summed E-state index contributed by atoms with van der Waals surface area (Å²) in [6, 6.07) is 22.4. The van der Waals surface area contributed by atoms with Crippen molar-refractivity contribution in [2.24, 2.45) is 0 Å². The lowest BCUT2D eigenvalue weighted by atomic mass is 10.0. The van der Waals surface area contributed by atoms with Gasteiger partial charge in [0.15, 0.2) is 11.5 Å². The predicted octanol–water partition coefficient (Wildman–Crippen LogP) is 4.84. The van der Waals surface area contributed by atoms with Crippen LogP contribution < -0.4 is 5.32 Å². The summed E-state index contributed by atoms with van der Waals surface area (Å²) >= 11 is 0. The zero-order chi connectivity index (χ0) is 22.8. The van der Waals surface area contributed by atoms with Gasteiger partial charge in [0, 0.05) is 17.3 Å². The maximum Gasteiger partial charge on any atom is 0.253 e.